The monoisotopic (exact) mass is 822 g/mol. The number of rotatable bonds is 6. The van der Waals surface area contributed by atoms with E-state index in [1.165, 1.54) is 5.06 Å². The van der Waals surface area contributed by atoms with Gasteiger partial charge in [0.2, 0.25) is 0 Å². The fourth-order valence-electron chi connectivity index (χ4n) is 4.28. The third-order valence-electron chi connectivity index (χ3n) is 5.92. The Kier molecular flexibility index (Phi) is 9.98. The number of hydrogen-bond acceptors (Lipinski definition) is 5. The van der Waals surface area contributed by atoms with E-state index in [9.17, 15) is 28.0 Å². The van der Waals surface area contributed by atoms with E-state index in [4.69, 9.17) is 4.74 Å². The van der Waals surface area contributed by atoms with Crippen molar-refractivity contribution in [3.8, 4) is 0 Å². The molecule has 0 spiro atoms. The third kappa shape index (κ3) is 7.09. The van der Waals surface area contributed by atoms with Crippen LogP contribution in [0.2, 0.25) is 0 Å². The lowest BCUT2D eigenvalue weighted by molar-refractivity contribution is -0.260. The minimum absolute atomic E-state index is 0.0842. The maximum absolute atomic E-state index is 13.1. The zero-order valence-electron chi connectivity index (χ0n) is 19.4. The minimum atomic E-state index is -5.00. The zero-order chi connectivity index (χ0) is 26.2. The highest BCUT2D eigenvalue weighted by molar-refractivity contribution is 14.1. The van der Waals surface area contributed by atoms with Gasteiger partial charge in [0.15, 0.2) is 0 Å². The molecule has 1 aliphatic rings. The molecular weight excluding hydrogens is 794 g/mol. The zero-order valence-corrected chi connectivity index (χ0v) is 25.9. The fourth-order valence-corrected chi connectivity index (χ4v) is 8.36. The van der Waals surface area contributed by atoms with Crippen LogP contribution in [-0.2, 0) is 20.7 Å². The van der Waals surface area contributed by atoms with Crippen LogP contribution in [0.4, 0.5) is 18.9 Å². The molecule has 2 N–H and O–H groups in total. The molecule has 1 atom stereocenters. The molecule has 1 amide bonds. The van der Waals surface area contributed by atoms with E-state index in [1.807, 2.05) is 85.1 Å². The Morgan fingerprint density at radius 2 is 1.71 bits per heavy atom. The van der Waals surface area contributed by atoms with Gasteiger partial charge in [0.25, 0.3) is 0 Å². The first-order chi connectivity index (χ1) is 15.4. The highest BCUT2D eigenvalue weighted by Gasteiger charge is 2.46. The summed E-state index contributed by atoms with van der Waals surface area (Å²) < 4.78 is 46.0. The van der Waals surface area contributed by atoms with Crippen LogP contribution in [0.15, 0.2) is 6.07 Å². The van der Waals surface area contributed by atoms with E-state index in [0.717, 1.165) is 3.57 Å². The molecular formula is C22H28F3I3N2O4. The predicted molar refractivity (Wildman–Crippen MR) is 148 cm³/mol. The summed E-state index contributed by atoms with van der Waals surface area (Å²) in [4.78, 5) is 24.6. The van der Waals surface area contributed by atoms with E-state index in [2.05, 4.69) is 22.6 Å². The number of nitrogens with one attached hydrogen (secondary N) is 1. The fraction of sp³-hybridized carbons (Fsp3) is 0.636. The number of ether oxygens (including phenoxy) is 1. The summed E-state index contributed by atoms with van der Waals surface area (Å²) in [5.74, 6) is -2.93. The Morgan fingerprint density at radius 1 is 1.18 bits per heavy atom. The Labute approximate surface area is 238 Å². The van der Waals surface area contributed by atoms with E-state index in [0.29, 0.717) is 32.0 Å². The average Bonchev–Trinajstić information content (AvgIpc) is 2.67. The first-order valence-electron chi connectivity index (χ1n) is 10.6. The van der Waals surface area contributed by atoms with Crippen molar-refractivity contribution in [2.75, 3.05) is 5.32 Å². The molecule has 0 saturated carbocycles. The lowest BCUT2D eigenvalue weighted by Crippen LogP contribution is -2.60. The average molecular weight is 822 g/mol. The molecule has 1 heterocycles. The molecule has 1 aliphatic heterocycles. The van der Waals surface area contributed by atoms with Gasteiger partial charge in [-0.2, -0.15) is 18.2 Å². The van der Waals surface area contributed by atoms with Crippen molar-refractivity contribution in [3.05, 3.63) is 22.3 Å². The van der Waals surface area contributed by atoms with E-state index in [1.54, 1.807) is 6.07 Å². The van der Waals surface area contributed by atoms with Crippen molar-refractivity contribution < 1.29 is 32.7 Å². The normalized spacial score (nSPS) is 19.5. The number of alkyl halides is 3. The van der Waals surface area contributed by atoms with Crippen molar-refractivity contribution in [1.29, 1.82) is 0 Å². The summed E-state index contributed by atoms with van der Waals surface area (Å²) in [5.41, 5.74) is -0.364. The summed E-state index contributed by atoms with van der Waals surface area (Å²) in [6.07, 6.45) is -3.68. The number of halogens is 6. The standard InChI is InChI=1S/C22H28F3I3N2O4/c1-6-11(18(31)34-12-9-20(2,3)30(33)21(4,5)10-12)7-13-14(26)8-15(27)17(16(13)28)29-19(32)22(23,24)25/h8,11-12,33H,6-7,9-10H2,1-5H3,(H,29,32). The number of hydrogen-bond donors (Lipinski definition) is 2. The van der Waals surface area contributed by atoms with Gasteiger partial charge in [0.05, 0.1) is 11.6 Å². The molecule has 192 valence electrons. The molecule has 0 aromatic heterocycles. The van der Waals surface area contributed by atoms with Crippen LogP contribution in [0.5, 0.6) is 0 Å². The van der Waals surface area contributed by atoms with Crippen LogP contribution in [-0.4, -0.2) is 45.5 Å². The van der Waals surface area contributed by atoms with Gasteiger partial charge in [-0.25, -0.2) is 0 Å². The first kappa shape index (κ1) is 30.3. The molecule has 12 heteroatoms. The molecule has 1 saturated heterocycles. The van der Waals surface area contributed by atoms with Crippen molar-refractivity contribution in [2.24, 2.45) is 5.92 Å². The number of amides is 1. The summed E-state index contributed by atoms with van der Waals surface area (Å²) in [6, 6.07) is 1.69. The second kappa shape index (κ2) is 11.2. The lowest BCUT2D eigenvalue weighted by atomic mass is 9.80. The smallest absolute Gasteiger partial charge is 0.462 e. The topological polar surface area (TPSA) is 78.9 Å². The quantitative estimate of drug-likeness (QED) is 0.253. The van der Waals surface area contributed by atoms with Crippen LogP contribution in [0.3, 0.4) is 0 Å². The molecule has 34 heavy (non-hydrogen) atoms. The number of nitrogens with zero attached hydrogens (tertiary/aromatic N) is 1. The van der Waals surface area contributed by atoms with Crippen LogP contribution >= 0.6 is 67.8 Å². The summed E-state index contributed by atoms with van der Waals surface area (Å²) in [5, 5.41) is 13.8. The molecule has 1 aromatic rings. The van der Waals surface area contributed by atoms with E-state index in [-0.39, 0.29) is 24.2 Å². The van der Waals surface area contributed by atoms with Crippen LogP contribution in [0.1, 0.15) is 59.4 Å². The van der Waals surface area contributed by atoms with Gasteiger partial charge < -0.3 is 15.3 Å². The second-order valence-corrected chi connectivity index (χ2v) is 13.1. The van der Waals surface area contributed by atoms with Gasteiger partial charge in [-0.1, -0.05) is 6.92 Å². The molecule has 1 unspecified atom stereocenters. The molecule has 1 fully saturated rings. The van der Waals surface area contributed by atoms with Crippen molar-refractivity contribution in [1.82, 2.24) is 5.06 Å². The van der Waals surface area contributed by atoms with Crippen molar-refractivity contribution in [2.45, 2.75) is 83.7 Å². The van der Waals surface area contributed by atoms with E-state index < -0.39 is 29.1 Å². The molecule has 6 nitrogen and oxygen atoms in total. The Hall–Kier alpha value is 0.0600. The predicted octanol–water partition coefficient (Wildman–Crippen LogP) is 6.52. The first-order valence-corrected chi connectivity index (χ1v) is 13.9. The lowest BCUT2D eigenvalue weighted by Gasteiger charge is -2.51. The van der Waals surface area contributed by atoms with Crippen LogP contribution in [0, 0.1) is 16.6 Å². The maximum Gasteiger partial charge on any atom is 0.471 e. The third-order valence-corrected chi connectivity index (χ3v) is 8.93. The van der Waals surface area contributed by atoms with Gasteiger partial charge in [-0.3, -0.25) is 9.59 Å². The van der Waals surface area contributed by atoms with Gasteiger partial charge >= 0.3 is 18.1 Å². The SMILES string of the molecule is CCC(Cc1c(I)cc(I)c(NC(=O)C(F)(F)F)c1I)C(=O)OC1CC(C)(C)N(O)C(C)(C)C1. The largest absolute Gasteiger partial charge is 0.471 e. The van der Waals surface area contributed by atoms with Gasteiger partial charge in [-0.15, -0.1) is 0 Å². The Bertz CT molecular complexity index is 936. The maximum atomic E-state index is 13.1. The minimum Gasteiger partial charge on any atom is -0.462 e. The molecule has 0 bridgehead atoms. The van der Waals surface area contributed by atoms with Crippen LogP contribution < -0.4 is 5.32 Å². The van der Waals surface area contributed by atoms with E-state index >= 15 is 0 Å². The number of esters is 1. The highest BCUT2D eigenvalue weighted by atomic mass is 127. The molecule has 1 aromatic carbocycles. The van der Waals surface area contributed by atoms with Crippen molar-refractivity contribution >= 4 is 85.3 Å². The Morgan fingerprint density at radius 3 is 2.18 bits per heavy atom. The van der Waals surface area contributed by atoms with Crippen molar-refractivity contribution in [3.63, 3.8) is 0 Å². The summed E-state index contributed by atoms with van der Waals surface area (Å²) >= 11 is 5.89. The summed E-state index contributed by atoms with van der Waals surface area (Å²) in [7, 11) is 0. The number of hydroxylamine groups is 2. The summed E-state index contributed by atoms with van der Waals surface area (Å²) in [6.45, 7) is 9.41. The number of piperidine rings is 1. The highest BCUT2D eigenvalue weighted by Crippen LogP contribution is 2.39. The molecule has 0 radical (unpaired) electrons. The number of carbonyl (C=O) groups is 2. The van der Waals surface area contributed by atoms with Gasteiger partial charge in [0, 0.05) is 34.6 Å². The second-order valence-electron chi connectivity index (χ2n) is 9.67. The van der Waals surface area contributed by atoms with Crippen LogP contribution in [0.25, 0.3) is 0 Å². The number of anilines is 1. The Balaban J connectivity index is 2.25. The molecule has 0 aliphatic carbocycles. The number of carbonyl (C=O) groups excluding carboxylic acids is 2. The van der Waals surface area contributed by atoms with Gasteiger partial charge in [0.1, 0.15) is 6.10 Å². The van der Waals surface area contributed by atoms with Gasteiger partial charge in [-0.05, 0) is 120 Å². The molecule has 2 rings (SSSR count). The number of benzene rings is 1.